The molecular formula is C77H137N3O26. The van der Waals surface area contributed by atoms with Crippen LogP contribution in [0.3, 0.4) is 0 Å². The number of Topliss-reactive ketones (excluding diaryl/α,β-unsaturated/α-hetero) is 1. The van der Waals surface area contributed by atoms with Crippen LogP contribution in [0.25, 0.3) is 0 Å². The first-order valence-corrected chi connectivity index (χ1v) is 38.5. The number of ether oxygens (including phenoxy) is 12. The van der Waals surface area contributed by atoms with Crippen LogP contribution in [-0.2, 0) is 76.1 Å². The van der Waals surface area contributed by atoms with Gasteiger partial charge in [-0.05, 0) is 149 Å². The zero-order valence-corrected chi connectivity index (χ0v) is 67.9. The molecule has 0 bridgehead atoms. The molecule has 6 aliphatic heterocycles. The summed E-state index contributed by atoms with van der Waals surface area (Å²) in [4.78, 5) is 53.5. The molecule has 36 atom stereocenters. The summed E-state index contributed by atoms with van der Waals surface area (Å²) in [5, 5.41) is 126. The highest BCUT2D eigenvalue weighted by atomic mass is 16.7. The van der Waals surface area contributed by atoms with Crippen LogP contribution in [0, 0.1) is 47.3 Å². The summed E-state index contributed by atoms with van der Waals surface area (Å²) in [6.45, 7) is 32.8. The van der Waals surface area contributed by atoms with Crippen molar-refractivity contribution in [1.29, 1.82) is 0 Å². The van der Waals surface area contributed by atoms with Crippen molar-refractivity contribution in [3.63, 3.8) is 0 Å². The van der Waals surface area contributed by atoms with Crippen molar-refractivity contribution in [1.82, 2.24) is 9.80 Å². The lowest BCUT2D eigenvalue weighted by Crippen LogP contribution is -2.61. The molecule has 29 nitrogen and oxygen atoms in total. The third-order valence-electron chi connectivity index (χ3n) is 24.5. The van der Waals surface area contributed by atoms with Crippen LogP contribution in [-0.4, -0.2) is 301 Å². The number of cyclic esters (lactones) is 2. The number of likely N-dealkylation sites (N-methyl/N-ethyl adjacent to an activating group) is 2. The minimum atomic E-state index is -2.10. The van der Waals surface area contributed by atoms with Crippen LogP contribution >= 0.6 is 0 Å². The van der Waals surface area contributed by atoms with E-state index in [0.29, 0.717) is 12.8 Å². The van der Waals surface area contributed by atoms with Crippen molar-refractivity contribution in [2.75, 3.05) is 48.5 Å². The van der Waals surface area contributed by atoms with Crippen molar-refractivity contribution < 1.29 is 127 Å². The first-order valence-electron chi connectivity index (χ1n) is 38.5. The molecule has 6 aliphatic rings. The van der Waals surface area contributed by atoms with Crippen molar-refractivity contribution in [3.05, 3.63) is 12.2 Å². The minimum Gasteiger partial charge on any atom is -0.459 e. The maximum absolute atomic E-state index is 14.8. The standard InChI is InChI=1S/C77H137N3O26/c1-26-52-76(19,92)62(84)42(7)56(38(3)34-72(15,90)66(105-70-58(82)50(79(21)22)32-40(5)97-70)44(9)60(46(11)68(88)101-52)103-54-36-74(17,94-24)64(86)48(13)99-54)78-96-31-29-28-30-80(23)51-33-41(6)98-71(59(51)83)106-67-45(10)61(104-55-37-75(18,95-25)65(87)49(14)100-55)47(12)69(89)102-53(27-2)77(20,93)63(85)43(8)57(81)39(4)35-73(67,16)91/h28-29,38-55,58-67,70-71,82-87,90-93H,26-27,30-37H2,1-25H3/t38-,39-,40?,41?,42+,43+,44+,45+,46-,47-,48?,49?,50?,51?,52-,53-,54?,55?,58?,59?,60+,61+,62-,63-,64?,65?,66-,67-,70?,71?,72?,73?,74?,75?,76-,77-/m1/s1. The van der Waals surface area contributed by atoms with E-state index in [2.05, 4.69) is 5.16 Å². The molecule has 106 heavy (non-hydrogen) atoms. The number of hydrogen-bond donors (Lipinski definition) is 10. The van der Waals surface area contributed by atoms with Crippen LogP contribution in [0.4, 0.5) is 0 Å². The molecule has 0 radical (unpaired) electrons. The number of nitrogens with zero attached hydrogens (tertiary/aromatic N) is 3. The third-order valence-corrected chi connectivity index (χ3v) is 24.5. The maximum atomic E-state index is 14.8. The van der Waals surface area contributed by atoms with Gasteiger partial charge in [0, 0.05) is 81.2 Å². The Kier molecular flexibility index (Phi) is 32.3. The number of hydrogen-bond acceptors (Lipinski definition) is 29. The number of esters is 2. The largest absolute Gasteiger partial charge is 0.459 e. The van der Waals surface area contributed by atoms with Gasteiger partial charge in [0.15, 0.2) is 25.2 Å². The molecule has 0 amide bonds. The van der Waals surface area contributed by atoms with Crippen molar-refractivity contribution in [3.8, 4) is 0 Å². The topological polar surface area (TPSA) is 392 Å². The number of oxime groups is 1. The van der Waals surface area contributed by atoms with Gasteiger partial charge in [-0.15, -0.1) is 0 Å². The van der Waals surface area contributed by atoms with Crippen molar-refractivity contribution in [2.24, 2.45) is 52.5 Å². The summed E-state index contributed by atoms with van der Waals surface area (Å²) >= 11 is 0. The highest BCUT2D eigenvalue weighted by Crippen LogP contribution is 2.45. The number of carbonyl (C=O) groups is 3. The fourth-order valence-electron chi connectivity index (χ4n) is 17.5. The SMILES string of the molecule is CC[C@H]1OC(=O)[C@H](C)[C@@H](OC2CC(C)(OC)C(O)C(C)O2)[C@H](C)[C@@H](OC2OC(C)CC(N(C)CC=CCON=C3[C@H](C)CC(C)(O)[C@H](OC4OC(C)CC(N(C)C)C4O)[C@@H](C)[C@H](OC4CC(C)(OC)C(O)C(C)O4)[C@@H](C)C(=O)O[C@H](CC)[C@@](C)(O)[C@H](O)[C@H]3C)C2O)C(C)(O)C[C@@H](C)C(=O)[C@H](C)[C@@H](O)[C@]1(C)O. The van der Waals surface area contributed by atoms with Crippen LogP contribution in [0.5, 0.6) is 0 Å². The number of ketones is 1. The maximum Gasteiger partial charge on any atom is 0.311 e. The molecule has 10 N–H and O–H groups in total. The Hall–Kier alpha value is -3.06. The fraction of sp³-hybridized carbons (Fsp3) is 0.922. The molecule has 0 spiro atoms. The molecule has 616 valence electrons. The smallest absolute Gasteiger partial charge is 0.311 e. The Bertz CT molecular complexity index is 2870. The highest BCUT2D eigenvalue weighted by Gasteiger charge is 2.57. The molecule has 0 aromatic carbocycles. The number of methoxy groups -OCH3 is 2. The second-order valence-electron chi connectivity index (χ2n) is 33.8. The summed E-state index contributed by atoms with van der Waals surface area (Å²) in [6.07, 6.45) is -19.0. The van der Waals surface area contributed by atoms with Gasteiger partial charge < -0.3 is 118 Å². The van der Waals surface area contributed by atoms with Crippen molar-refractivity contribution >= 4 is 23.4 Å². The lowest BCUT2D eigenvalue weighted by Gasteiger charge is -2.49. The number of aliphatic hydroxyl groups is 10. The third kappa shape index (κ3) is 20.8. The van der Waals surface area contributed by atoms with Crippen molar-refractivity contribution in [2.45, 2.75) is 358 Å². The lowest BCUT2D eigenvalue weighted by atomic mass is 9.73. The van der Waals surface area contributed by atoms with Gasteiger partial charge >= 0.3 is 11.9 Å². The van der Waals surface area contributed by atoms with Gasteiger partial charge in [0.05, 0.1) is 101 Å². The molecule has 0 aromatic rings. The van der Waals surface area contributed by atoms with E-state index in [9.17, 15) is 65.4 Å². The van der Waals surface area contributed by atoms with Gasteiger partial charge in [0.25, 0.3) is 0 Å². The Balaban J connectivity index is 1.31. The average molecular weight is 1520 g/mol. The van der Waals surface area contributed by atoms with E-state index in [4.69, 9.17) is 61.7 Å². The molecule has 6 fully saturated rings. The predicted octanol–water partition coefficient (Wildman–Crippen LogP) is 4.31. The van der Waals surface area contributed by atoms with Crippen LogP contribution in [0.1, 0.15) is 190 Å². The molecule has 0 aromatic heterocycles. The highest BCUT2D eigenvalue weighted by molar-refractivity contribution is 5.89. The Labute approximate surface area is 629 Å². The van der Waals surface area contributed by atoms with Gasteiger partial charge in [-0.25, -0.2) is 0 Å². The van der Waals surface area contributed by atoms with Crippen LogP contribution < -0.4 is 0 Å². The van der Waals surface area contributed by atoms with Gasteiger partial charge in [-0.3, -0.25) is 19.3 Å². The summed E-state index contributed by atoms with van der Waals surface area (Å²) in [5.41, 5.74) is -10.1. The average Bonchev–Trinajstić information content (AvgIpc) is 0.776. The second-order valence-corrected chi connectivity index (χ2v) is 33.8. The van der Waals surface area contributed by atoms with E-state index in [1.165, 1.54) is 41.9 Å². The summed E-state index contributed by atoms with van der Waals surface area (Å²) in [7, 11) is 8.40. The van der Waals surface area contributed by atoms with E-state index < -0.39 is 227 Å². The lowest BCUT2D eigenvalue weighted by molar-refractivity contribution is -0.318. The Morgan fingerprint density at radius 1 is 0.509 bits per heavy atom. The number of carbonyl (C=O) groups excluding carboxylic acids is 3. The Morgan fingerprint density at radius 3 is 1.31 bits per heavy atom. The van der Waals surface area contributed by atoms with Gasteiger partial charge in [0.1, 0.15) is 60.2 Å². The molecular weight excluding hydrogens is 1380 g/mol. The van der Waals surface area contributed by atoms with Gasteiger partial charge in [0.2, 0.25) is 0 Å². The zero-order valence-electron chi connectivity index (χ0n) is 67.9. The summed E-state index contributed by atoms with van der Waals surface area (Å²) < 4.78 is 76.5. The first-order chi connectivity index (χ1) is 49.0. The molecule has 0 saturated carbocycles. The van der Waals surface area contributed by atoms with E-state index in [0.717, 1.165) is 0 Å². The predicted molar refractivity (Wildman–Crippen MR) is 389 cm³/mol. The molecule has 6 saturated heterocycles. The van der Waals surface area contributed by atoms with Gasteiger partial charge in [-0.1, -0.05) is 66.6 Å². The van der Waals surface area contributed by atoms with Crippen LogP contribution in [0.15, 0.2) is 17.3 Å². The summed E-state index contributed by atoms with van der Waals surface area (Å²) in [5.74, 6) is -10.3. The zero-order chi connectivity index (χ0) is 80.2. The number of aliphatic hydroxyl groups excluding tert-OH is 6. The normalized spacial score (nSPS) is 48.9. The van der Waals surface area contributed by atoms with E-state index in [-0.39, 0.29) is 63.5 Å². The molecule has 18 unspecified atom stereocenters. The minimum absolute atomic E-state index is 0.00400. The Morgan fingerprint density at radius 2 is 0.906 bits per heavy atom. The molecule has 6 heterocycles. The molecule has 29 heteroatoms. The van der Waals surface area contributed by atoms with Crippen LogP contribution in [0.2, 0.25) is 0 Å². The van der Waals surface area contributed by atoms with Gasteiger partial charge in [-0.2, -0.15) is 0 Å². The van der Waals surface area contributed by atoms with E-state index in [1.54, 1.807) is 116 Å². The second kappa shape index (κ2) is 37.3. The first kappa shape index (κ1) is 91.8. The monoisotopic (exact) mass is 1520 g/mol. The quantitative estimate of drug-likeness (QED) is 0.0373. The van der Waals surface area contributed by atoms with E-state index in [1.807, 2.05) is 37.7 Å². The summed E-state index contributed by atoms with van der Waals surface area (Å²) in [6, 6.07) is -1.05. The number of rotatable bonds is 19. The fourth-order valence-corrected chi connectivity index (χ4v) is 17.5. The molecule has 0 aliphatic carbocycles. The van der Waals surface area contributed by atoms with E-state index >= 15 is 0 Å². The molecule has 6 rings (SSSR count).